The Morgan fingerprint density at radius 3 is 2.59 bits per heavy atom. The van der Waals surface area contributed by atoms with E-state index >= 15 is 0 Å². The second-order valence-electron chi connectivity index (χ2n) is 8.25. The van der Waals surface area contributed by atoms with Crippen molar-refractivity contribution in [3.63, 3.8) is 0 Å². The van der Waals surface area contributed by atoms with Gasteiger partial charge in [-0.05, 0) is 55.2 Å². The predicted octanol–water partition coefficient (Wildman–Crippen LogP) is 2.16. The first-order valence-electron chi connectivity index (χ1n) is 10.8. The molecule has 2 aliphatic rings. The van der Waals surface area contributed by atoms with Crippen LogP contribution in [0, 0.1) is 0 Å². The zero-order valence-electron chi connectivity index (χ0n) is 17.6. The number of para-hydroxylation sites is 1. The molecule has 0 spiro atoms. The molecule has 1 aromatic heterocycles. The van der Waals surface area contributed by atoms with Gasteiger partial charge in [0.05, 0.1) is 22.1 Å². The van der Waals surface area contributed by atoms with Gasteiger partial charge in [-0.15, -0.1) is 0 Å². The van der Waals surface area contributed by atoms with Crippen molar-refractivity contribution in [2.45, 2.75) is 37.1 Å². The zero-order chi connectivity index (χ0) is 22.3. The number of sulfonamides is 1. The lowest BCUT2D eigenvalue weighted by Gasteiger charge is -2.26. The van der Waals surface area contributed by atoms with Crippen molar-refractivity contribution < 1.29 is 13.2 Å². The molecule has 0 N–H and O–H groups in total. The molecule has 0 saturated carbocycles. The third-order valence-corrected chi connectivity index (χ3v) is 8.13. The van der Waals surface area contributed by atoms with E-state index in [0.717, 1.165) is 24.8 Å². The Labute approximate surface area is 186 Å². The fourth-order valence-electron chi connectivity index (χ4n) is 4.50. The van der Waals surface area contributed by atoms with Gasteiger partial charge in [0.15, 0.2) is 0 Å². The quantitative estimate of drug-likeness (QED) is 0.605. The summed E-state index contributed by atoms with van der Waals surface area (Å²) in [4.78, 5) is 31.9. The summed E-state index contributed by atoms with van der Waals surface area (Å²) in [5.41, 5.74) is 1.87. The Morgan fingerprint density at radius 2 is 1.78 bits per heavy atom. The predicted molar refractivity (Wildman–Crippen MR) is 121 cm³/mol. The monoisotopic (exact) mass is 452 g/mol. The first kappa shape index (κ1) is 20.8. The number of carbonyl (C=O) groups is 1. The van der Waals surface area contributed by atoms with Crippen LogP contribution in [0.25, 0.3) is 10.9 Å². The number of rotatable bonds is 4. The van der Waals surface area contributed by atoms with Crippen molar-refractivity contribution in [3.05, 3.63) is 64.7 Å². The van der Waals surface area contributed by atoms with E-state index in [1.54, 1.807) is 45.6 Å². The maximum absolute atomic E-state index is 13.0. The summed E-state index contributed by atoms with van der Waals surface area (Å²) in [5.74, 6) is -0.227. The Balaban J connectivity index is 1.38. The largest absolute Gasteiger partial charge is 0.310 e. The average molecular weight is 453 g/mol. The van der Waals surface area contributed by atoms with Crippen molar-refractivity contribution in [1.29, 1.82) is 0 Å². The highest BCUT2D eigenvalue weighted by atomic mass is 32.2. The molecule has 32 heavy (non-hydrogen) atoms. The normalized spacial score (nSPS) is 16.9. The number of fused-ring (bicyclic) bond motifs is 2. The van der Waals surface area contributed by atoms with Gasteiger partial charge >= 0.3 is 0 Å². The van der Waals surface area contributed by atoms with Crippen LogP contribution >= 0.6 is 0 Å². The van der Waals surface area contributed by atoms with Gasteiger partial charge in [0.1, 0.15) is 6.54 Å². The molecule has 0 unspecified atom stereocenters. The minimum absolute atomic E-state index is 0.121. The number of nitrogens with zero attached hydrogens (tertiary/aromatic N) is 4. The maximum atomic E-state index is 13.0. The topological polar surface area (TPSA) is 92.6 Å². The van der Waals surface area contributed by atoms with E-state index in [2.05, 4.69) is 4.98 Å². The van der Waals surface area contributed by atoms with Crippen molar-refractivity contribution >= 4 is 32.5 Å². The van der Waals surface area contributed by atoms with Crippen LogP contribution in [0.1, 0.15) is 24.8 Å². The molecule has 8 nitrogen and oxygen atoms in total. The van der Waals surface area contributed by atoms with Crippen molar-refractivity contribution in [2.24, 2.45) is 0 Å². The van der Waals surface area contributed by atoms with Crippen LogP contribution < -0.4 is 10.5 Å². The number of aromatic nitrogens is 2. The highest BCUT2D eigenvalue weighted by Crippen LogP contribution is 2.32. The maximum Gasteiger partial charge on any atom is 0.261 e. The van der Waals surface area contributed by atoms with Crippen LogP contribution in [0.15, 0.2) is 58.5 Å². The Hall–Kier alpha value is -3.04. The summed E-state index contributed by atoms with van der Waals surface area (Å²) in [6, 6.07) is 12.0. The molecule has 1 fully saturated rings. The van der Waals surface area contributed by atoms with Crippen LogP contribution in [0.4, 0.5) is 5.69 Å². The van der Waals surface area contributed by atoms with Crippen LogP contribution in [-0.2, 0) is 27.8 Å². The van der Waals surface area contributed by atoms with E-state index < -0.39 is 10.0 Å². The van der Waals surface area contributed by atoms with Crippen LogP contribution in [0.5, 0.6) is 0 Å². The second kappa shape index (κ2) is 8.14. The van der Waals surface area contributed by atoms with Gasteiger partial charge in [-0.1, -0.05) is 18.6 Å². The summed E-state index contributed by atoms with van der Waals surface area (Å²) >= 11 is 0. The van der Waals surface area contributed by atoms with Gasteiger partial charge in [0, 0.05) is 25.3 Å². The standard InChI is InChI=1S/C23H24N4O4S/c28-22(15-25-16-24-20-7-3-2-6-19(20)23(25)29)27-13-10-17-14-18(8-9-21(17)27)32(30,31)26-11-4-1-5-12-26/h2-3,6-9,14,16H,1,4-5,10-13,15H2. The van der Waals surface area contributed by atoms with Gasteiger partial charge in [0.2, 0.25) is 15.9 Å². The Morgan fingerprint density at radius 1 is 1.00 bits per heavy atom. The van der Waals surface area contributed by atoms with Crippen LogP contribution in [0.2, 0.25) is 0 Å². The lowest BCUT2D eigenvalue weighted by atomic mass is 10.2. The summed E-state index contributed by atoms with van der Waals surface area (Å²) in [7, 11) is -3.52. The second-order valence-corrected chi connectivity index (χ2v) is 10.2. The molecular formula is C23H24N4O4S. The molecular weight excluding hydrogens is 428 g/mol. The molecule has 166 valence electrons. The zero-order valence-corrected chi connectivity index (χ0v) is 18.4. The number of anilines is 1. The van der Waals surface area contributed by atoms with Crippen molar-refractivity contribution in [1.82, 2.24) is 13.9 Å². The molecule has 0 bridgehead atoms. The SMILES string of the molecule is O=C(Cn1cnc2ccccc2c1=O)N1CCc2cc(S(=O)(=O)N3CCCCC3)ccc21. The van der Waals surface area contributed by atoms with E-state index in [1.165, 1.54) is 10.9 Å². The van der Waals surface area contributed by atoms with Gasteiger partial charge in [-0.3, -0.25) is 14.2 Å². The van der Waals surface area contributed by atoms with E-state index in [0.29, 0.717) is 42.6 Å². The molecule has 1 amide bonds. The number of amides is 1. The Kier molecular flexibility index (Phi) is 5.30. The molecule has 0 radical (unpaired) electrons. The highest BCUT2D eigenvalue weighted by molar-refractivity contribution is 7.89. The lowest BCUT2D eigenvalue weighted by molar-refractivity contribution is -0.119. The van der Waals surface area contributed by atoms with Crippen LogP contribution in [-0.4, -0.2) is 47.8 Å². The molecule has 9 heteroatoms. The Bertz CT molecular complexity index is 1360. The van der Waals surface area contributed by atoms with Gasteiger partial charge < -0.3 is 4.90 Å². The summed E-state index contributed by atoms with van der Waals surface area (Å²) in [6.45, 7) is 1.44. The van der Waals surface area contributed by atoms with Gasteiger partial charge in [-0.25, -0.2) is 13.4 Å². The van der Waals surface area contributed by atoms with Crippen molar-refractivity contribution in [2.75, 3.05) is 24.5 Å². The minimum Gasteiger partial charge on any atom is -0.310 e. The van der Waals surface area contributed by atoms with E-state index in [-0.39, 0.29) is 22.9 Å². The molecule has 2 aromatic carbocycles. The van der Waals surface area contributed by atoms with E-state index in [1.807, 2.05) is 6.07 Å². The van der Waals surface area contributed by atoms with E-state index in [4.69, 9.17) is 0 Å². The number of piperidine rings is 1. The number of hydrogen-bond acceptors (Lipinski definition) is 5. The van der Waals surface area contributed by atoms with Gasteiger partial charge in [-0.2, -0.15) is 4.31 Å². The van der Waals surface area contributed by atoms with Gasteiger partial charge in [0.25, 0.3) is 5.56 Å². The highest BCUT2D eigenvalue weighted by Gasteiger charge is 2.30. The van der Waals surface area contributed by atoms with Crippen LogP contribution in [0.3, 0.4) is 0 Å². The molecule has 1 saturated heterocycles. The van der Waals surface area contributed by atoms with Crippen molar-refractivity contribution in [3.8, 4) is 0 Å². The fraction of sp³-hybridized carbons (Fsp3) is 0.348. The average Bonchev–Trinajstić information content (AvgIpc) is 3.25. The fourth-order valence-corrected chi connectivity index (χ4v) is 6.07. The molecule has 0 aliphatic carbocycles. The molecule has 3 heterocycles. The molecule has 2 aliphatic heterocycles. The smallest absolute Gasteiger partial charge is 0.261 e. The summed E-state index contributed by atoms with van der Waals surface area (Å²) in [5, 5.41) is 0.470. The summed E-state index contributed by atoms with van der Waals surface area (Å²) < 4.78 is 28.8. The number of carbonyl (C=O) groups excluding carboxylic acids is 1. The minimum atomic E-state index is -3.52. The third-order valence-electron chi connectivity index (χ3n) is 6.24. The third kappa shape index (κ3) is 3.61. The molecule has 0 atom stereocenters. The first-order chi connectivity index (χ1) is 15.4. The lowest BCUT2D eigenvalue weighted by Crippen LogP contribution is -2.36. The summed E-state index contributed by atoms with van der Waals surface area (Å²) in [6.07, 6.45) is 4.80. The first-order valence-corrected chi connectivity index (χ1v) is 12.3. The molecule has 3 aromatic rings. The molecule has 5 rings (SSSR count). The van der Waals surface area contributed by atoms with E-state index in [9.17, 15) is 18.0 Å². The number of benzene rings is 2. The number of hydrogen-bond donors (Lipinski definition) is 0.